The lowest BCUT2D eigenvalue weighted by Crippen LogP contribution is -2.48. The van der Waals surface area contributed by atoms with E-state index in [1.807, 2.05) is 0 Å². The number of nitrogens with one attached hydrogen (secondary N) is 2. The summed E-state index contributed by atoms with van der Waals surface area (Å²) in [6, 6.07) is 5.40. The van der Waals surface area contributed by atoms with E-state index in [1.54, 1.807) is 26.0 Å². The zero-order valence-corrected chi connectivity index (χ0v) is 16.1. The Balaban J connectivity index is 0.00000225. The number of ether oxygens (including phenoxy) is 1. The summed E-state index contributed by atoms with van der Waals surface area (Å²) >= 11 is 0. The molecular weight excluding hydrogens is 364 g/mol. The molecule has 2 heterocycles. The van der Waals surface area contributed by atoms with Gasteiger partial charge in [-0.25, -0.2) is 17.9 Å². The van der Waals surface area contributed by atoms with Crippen molar-refractivity contribution in [3.05, 3.63) is 29.3 Å². The Labute approximate surface area is 155 Å². The summed E-state index contributed by atoms with van der Waals surface area (Å²) in [4.78, 5) is 12.0. The number of sulfonamides is 1. The molecule has 0 radical (unpaired) electrons. The van der Waals surface area contributed by atoms with E-state index in [9.17, 15) is 13.2 Å². The Morgan fingerprint density at radius 1 is 1.28 bits per heavy atom. The fourth-order valence-electron chi connectivity index (χ4n) is 3.67. The molecule has 2 saturated heterocycles. The van der Waals surface area contributed by atoms with Crippen LogP contribution in [0.3, 0.4) is 0 Å². The molecular formula is C17H25ClN2O4S. The van der Waals surface area contributed by atoms with Crippen LogP contribution in [-0.4, -0.2) is 39.1 Å². The highest BCUT2D eigenvalue weighted by molar-refractivity contribution is 7.89. The molecule has 8 heteroatoms. The zero-order chi connectivity index (χ0) is 17.3. The average molecular weight is 389 g/mol. The third-order valence-electron chi connectivity index (χ3n) is 4.78. The number of benzene rings is 1. The van der Waals surface area contributed by atoms with Crippen molar-refractivity contribution in [1.82, 2.24) is 10.0 Å². The number of hydrogen-bond acceptors (Lipinski definition) is 5. The second kappa shape index (κ2) is 8.03. The van der Waals surface area contributed by atoms with Crippen LogP contribution in [0.15, 0.2) is 23.1 Å². The first-order chi connectivity index (χ1) is 11.4. The first-order valence-electron chi connectivity index (χ1n) is 8.45. The van der Waals surface area contributed by atoms with Gasteiger partial charge in [0.1, 0.15) is 0 Å². The van der Waals surface area contributed by atoms with Crippen molar-refractivity contribution in [2.75, 3.05) is 6.61 Å². The summed E-state index contributed by atoms with van der Waals surface area (Å²) < 4.78 is 33.4. The summed E-state index contributed by atoms with van der Waals surface area (Å²) in [7, 11) is -3.67. The summed E-state index contributed by atoms with van der Waals surface area (Å²) in [6.07, 6.45) is 3.85. The second-order valence-electron chi connectivity index (χ2n) is 6.63. The highest BCUT2D eigenvalue weighted by Gasteiger charge is 2.35. The molecule has 1 aromatic rings. The van der Waals surface area contributed by atoms with Gasteiger partial charge in [0.15, 0.2) is 0 Å². The fraction of sp³-hybridized carbons (Fsp3) is 0.588. The third kappa shape index (κ3) is 4.53. The molecule has 2 unspecified atom stereocenters. The maximum absolute atomic E-state index is 12.8. The summed E-state index contributed by atoms with van der Waals surface area (Å²) in [5.41, 5.74) is 0.876. The molecule has 3 rings (SSSR count). The number of carbonyl (C=O) groups is 1. The Hall–Kier alpha value is -1.15. The van der Waals surface area contributed by atoms with Gasteiger partial charge in [-0.1, -0.05) is 6.07 Å². The third-order valence-corrected chi connectivity index (χ3v) is 6.45. The van der Waals surface area contributed by atoms with Crippen molar-refractivity contribution in [3.8, 4) is 0 Å². The number of rotatable bonds is 5. The van der Waals surface area contributed by atoms with E-state index < -0.39 is 16.0 Å². The Morgan fingerprint density at radius 3 is 2.52 bits per heavy atom. The molecule has 140 valence electrons. The van der Waals surface area contributed by atoms with Crippen LogP contribution in [0, 0.1) is 6.92 Å². The Morgan fingerprint density at radius 2 is 1.92 bits per heavy atom. The maximum atomic E-state index is 12.8. The Bertz CT molecular complexity index is 726. The lowest BCUT2D eigenvalue weighted by molar-refractivity contribution is 0.0526. The topological polar surface area (TPSA) is 84.5 Å². The average Bonchev–Trinajstić information content (AvgIpc) is 2.86. The van der Waals surface area contributed by atoms with Gasteiger partial charge in [0.25, 0.3) is 0 Å². The molecule has 0 aromatic heterocycles. The van der Waals surface area contributed by atoms with Crippen LogP contribution in [0.5, 0.6) is 0 Å². The van der Waals surface area contributed by atoms with Crippen LogP contribution >= 0.6 is 12.4 Å². The van der Waals surface area contributed by atoms with E-state index in [1.165, 1.54) is 6.07 Å². The van der Waals surface area contributed by atoms with Crippen LogP contribution < -0.4 is 10.0 Å². The number of esters is 1. The molecule has 6 nitrogen and oxygen atoms in total. The van der Waals surface area contributed by atoms with Crippen LogP contribution in [-0.2, 0) is 14.8 Å². The van der Waals surface area contributed by atoms with Gasteiger partial charge in [-0.15, -0.1) is 12.4 Å². The van der Waals surface area contributed by atoms with Crippen molar-refractivity contribution >= 4 is 28.4 Å². The van der Waals surface area contributed by atoms with E-state index in [4.69, 9.17) is 4.74 Å². The molecule has 0 spiro atoms. The van der Waals surface area contributed by atoms with Crippen LogP contribution in [0.1, 0.15) is 48.5 Å². The smallest absolute Gasteiger partial charge is 0.338 e. The molecule has 2 fully saturated rings. The lowest BCUT2D eigenvalue weighted by Gasteiger charge is -2.29. The zero-order valence-electron chi connectivity index (χ0n) is 14.4. The van der Waals surface area contributed by atoms with E-state index in [0.29, 0.717) is 17.6 Å². The van der Waals surface area contributed by atoms with Gasteiger partial charge < -0.3 is 10.1 Å². The van der Waals surface area contributed by atoms with E-state index in [2.05, 4.69) is 10.0 Å². The van der Waals surface area contributed by atoms with Gasteiger partial charge in [-0.05, 0) is 57.2 Å². The largest absolute Gasteiger partial charge is 0.462 e. The number of carbonyl (C=O) groups excluding carboxylic acids is 1. The van der Waals surface area contributed by atoms with Crippen molar-refractivity contribution < 1.29 is 17.9 Å². The van der Waals surface area contributed by atoms with Crippen molar-refractivity contribution in [2.24, 2.45) is 0 Å². The number of halogens is 1. The highest BCUT2D eigenvalue weighted by Crippen LogP contribution is 2.28. The molecule has 2 atom stereocenters. The first kappa shape index (κ1) is 20.2. The molecule has 0 amide bonds. The highest BCUT2D eigenvalue weighted by atomic mass is 35.5. The molecule has 2 N–H and O–H groups in total. The molecule has 2 bridgehead atoms. The van der Waals surface area contributed by atoms with Gasteiger partial charge >= 0.3 is 5.97 Å². The number of aryl methyl sites for hydroxylation is 1. The van der Waals surface area contributed by atoms with Gasteiger partial charge in [0.2, 0.25) is 10.0 Å². The Kier molecular flexibility index (Phi) is 6.48. The van der Waals surface area contributed by atoms with E-state index >= 15 is 0 Å². The predicted molar refractivity (Wildman–Crippen MR) is 97.7 cm³/mol. The minimum Gasteiger partial charge on any atom is -0.462 e. The van der Waals surface area contributed by atoms with Crippen molar-refractivity contribution in [1.29, 1.82) is 0 Å². The second-order valence-corrected chi connectivity index (χ2v) is 8.31. The summed E-state index contributed by atoms with van der Waals surface area (Å²) in [5, 5.41) is 3.50. The summed E-state index contributed by atoms with van der Waals surface area (Å²) in [6.45, 7) is 3.71. The summed E-state index contributed by atoms with van der Waals surface area (Å²) in [5.74, 6) is -0.506. The number of piperidine rings is 1. The molecule has 2 aliphatic rings. The maximum Gasteiger partial charge on any atom is 0.338 e. The number of hydrogen-bond donors (Lipinski definition) is 2. The van der Waals surface area contributed by atoms with E-state index in [0.717, 1.165) is 25.7 Å². The van der Waals surface area contributed by atoms with Crippen LogP contribution in [0.25, 0.3) is 0 Å². The molecule has 0 saturated carbocycles. The fourth-order valence-corrected chi connectivity index (χ4v) is 5.20. The van der Waals surface area contributed by atoms with Crippen molar-refractivity contribution in [2.45, 2.75) is 62.6 Å². The van der Waals surface area contributed by atoms with Gasteiger partial charge in [-0.2, -0.15) is 0 Å². The monoisotopic (exact) mass is 388 g/mol. The predicted octanol–water partition coefficient (Wildman–Crippen LogP) is 2.15. The minimum absolute atomic E-state index is 0. The van der Waals surface area contributed by atoms with E-state index in [-0.39, 0.29) is 35.5 Å². The number of fused-ring (bicyclic) bond motifs is 2. The quantitative estimate of drug-likeness (QED) is 0.755. The molecule has 2 aliphatic heterocycles. The van der Waals surface area contributed by atoms with Gasteiger partial charge in [-0.3, -0.25) is 0 Å². The SMILES string of the molecule is CCOC(=O)c1ccc(C)c(S(=O)(=O)NC2CC3CCC(C2)N3)c1.Cl. The van der Waals surface area contributed by atoms with Gasteiger partial charge in [0, 0.05) is 18.1 Å². The van der Waals surface area contributed by atoms with Crippen molar-refractivity contribution in [3.63, 3.8) is 0 Å². The minimum atomic E-state index is -3.67. The standard InChI is InChI=1S/C17H24N2O4S.ClH/c1-3-23-17(20)12-5-4-11(2)16(8-12)24(21,22)19-15-9-13-6-7-14(10-15)18-13;/h4-5,8,13-15,18-19H,3,6-7,9-10H2,1-2H3;1H. The molecule has 0 aliphatic carbocycles. The molecule has 25 heavy (non-hydrogen) atoms. The normalized spacial score (nSPS) is 25.3. The van der Waals surface area contributed by atoms with Crippen LogP contribution in [0.2, 0.25) is 0 Å². The lowest BCUT2D eigenvalue weighted by atomic mass is 10.0. The first-order valence-corrected chi connectivity index (χ1v) is 9.93. The molecule has 1 aromatic carbocycles. The van der Waals surface area contributed by atoms with Crippen LogP contribution in [0.4, 0.5) is 0 Å². The van der Waals surface area contributed by atoms with Gasteiger partial charge in [0.05, 0.1) is 17.1 Å².